The van der Waals surface area contributed by atoms with Gasteiger partial charge in [0.15, 0.2) is 0 Å². The summed E-state index contributed by atoms with van der Waals surface area (Å²) in [5.74, 6) is -2.16. The lowest BCUT2D eigenvalue weighted by molar-refractivity contribution is -0.140. The van der Waals surface area contributed by atoms with Gasteiger partial charge in [0, 0.05) is 16.6 Å². The first-order chi connectivity index (χ1) is 10.1. The van der Waals surface area contributed by atoms with Crippen molar-refractivity contribution in [1.29, 1.82) is 0 Å². The molecule has 6 nitrogen and oxygen atoms in total. The largest absolute Gasteiger partial charge is 0.345 e. The van der Waals surface area contributed by atoms with E-state index in [0.717, 1.165) is 22.9 Å². The van der Waals surface area contributed by atoms with Crippen molar-refractivity contribution in [2.75, 3.05) is 0 Å². The molecule has 0 aromatic heterocycles. The van der Waals surface area contributed by atoms with Crippen LogP contribution in [0.4, 0.5) is 0 Å². The molecule has 0 unspecified atom stereocenters. The van der Waals surface area contributed by atoms with E-state index in [0.29, 0.717) is 0 Å². The van der Waals surface area contributed by atoms with Crippen LogP contribution in [0.25, 0.3) is 6.08 Å². The number of halogens is 1. The van der Waals surface area contributed by atoms with Crippen molar-refractivity contribution in [2.24, 2.45) is 0 Å². The van der Waals surface area contributed by atoms with Gasteiger partial charge in [0.05, 0.1) is 0 Å². The van der Waals surface area contributed by atoms with E-state index in [2.05, 4.69) is 32.1 Å². The van der Waals surface area contributed by atoms with E-state index in [1.165, 1.54) is 6.08 Å². The Balaban J connectivity index is 1.77. The summed E-state index contributed by atoms with van der Waals surface area (Å²) in [5, 5.41) is 2.52. The Morgan fingerprint density at radius 2 is 1.81 bits per heavy atom. The number of benzene rings is 1. The molecule has 1 aliphatic rings. The minimum atomic E-state index is -0.885. The van der Waals surface area contributed by atoms with Gasteiger partial charge in [0.1, 0.15) is 0 Å². The van der Waals surface area contributed by atoms with E-state index in [9.17, 15) is 14.4 Å². The van der Waals surface area contributed by atoms with Gasteiger partial charge in [-0.05, 0) is 30.5 Å². The molecule has 0 saturated heterocycles. The molecule has 1 aromatic carbocycles. The standard InChI is InChI=1S/C14H14BrN3O3/c15-11-4-2-1-3-9(11)5-8-12(19)17-18-14(21)13(20)16-10-6-7-10/h1-5,8,10H,6-7H2,(H,16,20)(H,17,19)(H,18,21)/b8-5+. The number of hydrogen-bond acceptors (Lipinski definition) is 3. The number of rotatable bonds is 3. The average molecular weight is 352 g/mol. The van der Waals surface area contributed by atoms with Crippen molar-refractivity contribution in [3.05, 3.63) is 40.4 Å². The van der Waals surface area contributed by atoms with Crippen molar-refractivity contribution in [2.45, 2.75) is 18.9 Å². The first-order valence-corrected chi connectivity index (χ1v) is 7.19. The van der Waals surface area contributed by atoms with Gasteiger partial charge in [-0.3, -0.25) is 25.2 Å². The summed E-state index contributed by atoms with van der Waals surface area (Å²) in [4.78, 5) is 34.2. The van der Waals surface area contributed by atoms with Gasteiger partial charge in [0.2, 0.25) is 0 Å². The molecule has 3 N–H and O–H groups in total. The van der Waals surface area contributed by atoms with Gasteiger partial charge in [0.25, 0.3) is 5.91 Å². The highest BCUT2D eigenvalue weighted by atomic mass is 79.9. The van der Waals surface area contributed by atoms with Gasteiger partial charge in [-0.15, -0.1) is 0 Å². The number of carbonyl (C=O) groups is 3. The molecule has 0 aliphatic heterocycles. The van der Waals surface area contributed by atoms with Gasteiger partial charge in [-0.1, -0.05) is 34.1 Å². The van der Waals surface area contributed by atoms with E-state index < -0.39 is 17.7 Å². The average Bonchev–Trinajstić information content (AvgIpc) is 3.27. The molecule has 7 heteroatoms. The summed E-state index contributed by atoms with van der Waals surface area (Å²) < 4.78 is 0.849. The second-order valence-corrected chi connectivity index (χ2v) is 5.40. The number of amides is 3. The lowest BCUT2D eigenvalue weighted by Crippen LogP contribution is -2.48. The summed E-state index contributed by atoms with van der Waals surface area (Å²) in [6, 6.07) is 7.47. The van der Waals surface area contributed by atoms with E-state index in [1.54, 1.807) is 6.08 Å². The summed E-state index contributed by atoms with van der Waals surface area (Å²) in [7, 11) is 0. The van der Waals surface area contributed by atoms with Crippen LogP contribution >= 0.6 is 15.9 Å². The number of hydrazine groups is 1. The first kappa shape index (κ1) is 15.2. The second-order valence-electron chi connectivity index (χ2n) is 4.55. The Labute approximate surface area is 130 Å². The van der Waals surface area contributed by atoms with Crippen molar-refractivity contribution in [3.8, 4) is 0 Å². The highest BCUT2D eigenvalue weighted by Crippen LogP contribution is 2.18. The lowest BCUT2D eigenvalue weighted by atomic mass is 10.2. The van der Waals surface area contributed by atoms with Crippen LogP contribution in [0.5, 0.6) is 0 Å². The molecule has 3 amide bonds. The fraction of sp³-hybridized carbons (Fsp3) is 0.214. The molecule has 0 atom stereocenters. The number of carbonyl (C=O) groups excluding carboxylic acids is 3. The maximum absolute atomic E-state index is 11.5. The highest BCUT2D eigenvalue weighted by Gasteiger charge is 2.26. The monoisotopic (exact) mass is 351 g/mol. The van der Waals surface area contributed by atoms with E-state index in [-0.39, 0.29) is 6.04 Å². The van der Waals surface area contributed by atoms with Crippen molar-refractivity contribution < 1.29 is 14.4 Å². The van der Waals surface area contributed by atoms with E-state index >= 15 is 0 Å². The van der Waals surface area contributed by atoms with E-state index in [1.807, 2.05) is 24.3 Å². The fourth-order valence-electron chi connectivity index (χ4n) is 1.47. The van der Waals surface area contributed by atoms with Crippen LogP contribution in [0.2, 0.25) is 0 Å². The van der Waals surface area contributed by atoms with Gasteiger partial charge in [-0.2, -0.15) is 0 Å². The lowest BCUT2D eigenvalue weighted by Gasteiger charge is -2.05. The van der Waals surface area contributed by atoms with Crippen molar-refractivity contribution >= 4 is 39.7 Å². The zero-order chi connectivity index (χ0) is 15.2. The Morgan fingerprint density at radius 1 is 1.10 bits per heavy atom. The first-order valence-electron chi connectivity index (χ1n) is 6.39. The minimum absolute atomic E-state index is 0.0919. The van der Waals surface area contributed by atoms with Crippen LogP contribution in [-0.4, -0.2) is 23.8 Å². The predicted octanol–water partition coefficient (Wildman–Crippen LogP) is 0.888. The highest BCUT2D eigenvalue weighted by molar-refractivity contribution is 9.10. The van der Waals surface area contributed by atoms with Crippen LogP contribution < -0.4 is 16.2 Å². The quantitative estimate of drug-likeness (QED) is 0.429. The van der Waals surface area contributed by atoms with Crippen LogP contribution in [0, 0.1) is 0 Å². The third-order valence-electron chi connectivity index (χ3n) is 2.74. The molecule has 0 bridgehead atoms. The zero-order valence-electron chi connectivity index (χ0n) is 11.1. The summed E-state index contributed by atoms with van der Waals surface area (Å²) >= 11 is 3.35. The smallest absolute Gasteiger partial charge is 0.327 e. The second kappa shape index (κ2) is 7.03. The third-order valence-corrected chi connectivity index (χ3v) is 3.46. The topological polar surface area (TPSA) is 87.3 Å². The summed E-state index contributed by atoms with van der Waals surface area (Å²) in [6.07, 6.45) is 4.63. The molecule has 1 aliphatic carbocycles. The SMILES string of the molecule is O=C(/C=C/c1ccccc1Br)NNC(=O)C(=O)NC1CC1. The van der Waals surface area contributed by atoms with Crippen LogP contribution in [-0.2, 0) is 14.4 Å². The predicted molar refractivity (Wildman–Crippen MR) is 80.6 cm³/mol. The third kappa shape index (κ3) is 5.03. The molecule has 0 radical (unpaired) electrons. The maximum Gasteiger partial charge on any atom is 0.327 e. The number of hydrogen-bond donors (Lipinski definition) is 3. The molecule has 1 fully saturated rings. The van der Waals surface area contributed by atoms with Crippen LogP contribution in [0.15, 0.2) is 34.8 Å². The Bertz CT molecular complexity index is 597. The molecule has 1 aromatic rings. The van der Waals surface area contributed by atoms with Gasteiger partial charge < -0.3 is 5.32 Å². The van der Waals surface area contributed by atoms with Crippen LogP contribution in [0.1, 0.15) is 18.4 Å². The normalized spacial score (nSPS) is 13.8. The molecule has 21 heavy (non-hydrogen) atoms. The molecular weight excluding hydrogens is 338 g/mol. The summed E-state index contributed by atoms with van der Waals surface area (Å²) in [6.45, 7) is 0. The Kier molecular flexibility index (Phi) is 5.10. The molecular formula is C14H14BrN3O3. The number of nitrogens with one attached hydrogen (secondary N) is 3. The van der Waals surface area contributed by atoms with Gasteiger partial charge >= 0.3 is 11.8 Å². The van der Waals surface area contributed by atoms with E-state index in [4.69, 9.17) is 0 Å². The molecule has 0 spiro atoms. The molecule has 2 rings (SSSR count). The van der Waals surface area contributed by atoms with Gasteiger partial charge in [-0.25, -0.2) is 0 Å². The minimum Gasteiger partial charge on any atom is -0.345 e. The Hall–Kier alpha value is -2.15. The summed E-state index contributed by atoms with van der Waals surface area (Å²) in [5.41, 5.74) is 5.02. The van der Waals surface area contributed by atoms with Crippen molar-refractivity contribution in [3.63, 3.8) is 0 Å². The fourth-order valence-corrected chi connectivity index (χ4v) is 1.89. The van der Waals surface area contributed by atoms with Crippen LogP contribution in [0.3, 0.4) is 0 Å². The maximum atomic E-state index is 11.5. The Morgan fingerprint density at radius 3 is 2.48 bits per heavy atom. The zero-order valence-corrected chi connectivity index (χ0v) is 12.6. The molecule has 0 heterocycles. The molecule has 1 saturated carbocycles. The van der Waals surface area contributed by atoms with Crippen molar-refractivity contribution in [1.82, 2.24) is 16.2 Å². The molecule has 110 valence electrons.